The highest BCUT2D eigenvalue weighted by Crippen LogP contribution is 2.29. The zero-order chi connectivity index (χ0) is 13.2. The van der Waals surface area contributed by atoms with Gasteiger partial charge in [0.05, 0.1) is 17.5 Å². The van der Waals surface area contributed by atoms with Crippen molar-refractivity contribution in [3.8, 4) is 11.3 Å². The van der Waals surface area contributed by atoms with Crippen molar-refractivity contribution in [3.63, 3.8) is 0 Å². The first kappa shape index (κ1) is 11.9. The largest absolute Gasteiger partial charge is 0.387 e. The van der Waals surface area contributed by atoms with E-state index in [2.05, 4.69) is 9.97 Å². The summed E-state index contributed by atoms with van der Waals surface area (Å²) in [5, 5.41) is 10.3. The first-order valence-corrected chi connectivity index (χ1v) is 6.36. The van der Waals surface area contributed by atoms with Gasteiger partial charge in [0.15, 0.2) is 0 Å². The molecular weight excluding hydrogens is 238 g/mol. The van der Waals surface area contributed by atoms with Gasteiger partial charge in [-0.1, -0.05) is 13.0 Å². The molecule has 0 aliphatic rings. The number of rotatable bonds is 3. The average molecular weight is 253 g/mol. The molecule has 0 bridgehead atoms. The van der Waals surface area contributed by atoms with E-state index in [9.17, 15) is 5.11 Å². The average Bonchev–Trinajstić information content (AvgIpc) is 2.87. The molecule has 4 heteroatoms. The monoisotopic (exact) mass is 253 g/mol. The lowest BCUT2D eigenvalue weighted by molar-refractivity contribution is 0.168. The summed E-state index contributed by atoms with van der Waals surface area (Å²) in [4.78, 5) is 8.74. The number of aliphatic hydroxyl groups excluding tert-OH is 1. The van der Waals surface area contributed by atoms with E-state index in [4.69, 9.17) is 0 Å². The summed E-state index contributed by atoms with van der Waals surface area (Å²) in [6.07, 6.45) is 5.54. The zero-order valence-corrected chi connectivity index (χ0v) is 10.7. The van der Waals surface area contributed by atoms with Crippen molar-refractivity contribution in [1.29, 1.82) is 0 Å². The van der Waals surface area contributed by atoms with Gasteiger partial charge in [0, 0.05) is 24.2 Å². The van der Waals surface area contributed by atoms with Gasteiger partial charge in [-0.2, -0.15) is 0 Å². The Hall–Kier alpha value is -2.20. The Kier molecular flexibility index (Phi) is 3.01. The number of imidazole rings is 1. The lowest BCUT2D eigenvalue weighted by Gasteiger charge is -2.10. The molecule has 3 aromatic rings. The van der Waals surface area contributed by atoms with E-state index in [0.717, 1.165) is 22.6 Å². The quantitative estimate of drug-likeness (QED) is 0.780. The summed E-state index contributed by atoms with van der Waals surface area (Å²) in [5.41, 5.74) is 3.39. The van der Waals surface area contributed by atoms with E-state index in [-0.39, 0.29) is 0 Å². The van der Waals surface area contributed by atoms with E-state index in [1.54, 1.807) is 12.4 Å². The van der Waals surface area contributed by atoms with Crippen molar-refractivity contribution in [1.82, 2.24) is 14.4 Å². The second-order valence-electron chi connectivity index (χ2n) is 4.44. The van der Waals surface area contributed by atoms with Gasteiger partial charge in [-0.3, -0.25) is 4.98 Å². The van der Waals surface area contributed by atoms with E-state index in [0.29, 0.717) is 6.42 Å². The van der Waals surface area contributed by atoms with Crippen LogP contribution in [0.2, 0.25) is 0 Å². The molecule has 0 fully saturated rings. The predicted molar refractivity (Wildman–Crippen MR) is 73.7 cm³/mol. The van der Waals surface area contributed by atoms with Gasteiger partial charge in [0.1, 0.15) is 5.65 Å². The van der Waals surface area contributed by atoms with Gasteiger partial charge in [0.2, 0.25) is 0 Å². The number of hydrogen-bond acceptors (Lipinski definition) is 3. The Balaban J connectivity index is 2.29. The normalized spacial score (nSPS) is 12.7. The van der Waals surface area contributed by atoms with E-state index < -0.39 is 6.10 Å². The fourth-order valence-corrected chi connectivity index (χ4v) is 2.24. The predicted octanol–water partition coefficient (Wildman–Crippen LogP) is 2.84. The van der Waals surface area contributed by atoms with Gasteiger partial charge in [-0.25, -0.2) is 4.98 Å². The molecular formula is C15H15N3O. The Morgan fingerprint density at radius 1 is 1.26 bits per heavy atom. The highest BCUT2D eigenvalue weighted by molar-refractivity contribution is 5.66. The van der Waals surface area contributed by atoms with Crippen LogP contribution in [0.5, 0.6) is 0 Å². The third kappa shape index (κ3) is 2.00. The lowest BCUT2D eigenvalue weighted by Crippen LogP contribution is -2.02. The minimum atomic E-state index is -0.535. The summed E-state index contributed by atoms with van der Waals surface area (Å²) >= 11 is 0. The van der Waals surface area contributed by atoms with Crippen LogP contribution in [0.1, 0.15) is 25.1 Å². The van der Waals surface area contributed by atoms with Crippen LogP contribution < -0.4 is 0 Å². The Morgan fingerprint density at radius 2 is 2.16 bits per heavy atom. The fraction of sp³-hybridized carbons (Fsp3) is 0.200. The molecule has 0 saturated heterocycles. The van der Waals surface area contributed by atoms with Crippen molar-refractivity contribution in [2.24, 2.45) is 0 Å². The van der Waals surface area contributed by atoms with Crippen molar-refractivity contribution in [2.45, 2.75) is 19.4 Å². The second kappa shape index (κ2) is 4.82. The maximum atomic E-state index is 10.3. The Bertz CT molecular complexity index is 691. The molecule has 1 N–H and O–H groups in total. The van der Waals surface area contributed by atoms with Crippen LogP contribution in [-0.2, 0) is 0 Å². The van der Waals surface area contributed by atoms with Crippen molar-refractivity contribution >= 4 is 5.65 Å². The Labute approximate surface area is 111 Å². The number of aliphatic hydroxyl groups is 1. The van der Waals surface area contributed by atoms with Crippen LogP contribution in [0.4, 0.5) is 0 Å². The molecule has 0 aliphatic heterocycles. The van der Waals surface area contributed by atoms with E-state index in [1.165, 1.54) is 0 Å². The maximum Gasteiger partial charge on any atom is 0.137 e. The number of hydrogen-bond donors (Lipinski definition) is 1. The second-order valence-corrected chi connectivity index (χ2v) is 4.44. The molecule has 0 amide bonds. The molecule has 1 atom stereocenters. The van der Waals surface area contributed by atoms with Crippen molar-refractivity contribution in [3.05, 3.63) is 54.6 Å². The topological polar surface area (TPSA) is 50.4 Å². The fourth-order valence-electron chi connectivity index (χ4n) is 2.24. The van der Waals surface area contributed by atoms with Crippen LogP contribution in [0, 0.1) is 0 Å². The van der Waals surface area contributed by atoms with Crippen LogP contribution in [0.15, 0.2) is 48.9 Å². The first-order chi connectivity index (χ1) is 9.31. The SMILES string of the molecule is CCC(O)c1c(-c2cccnc2)nc2ccccn12. The molecule has 0 radical (unpaired) electrons. The molecule has 1 unspecified atom stereocenters. The molecule has 96 valence electrons. The number of pyridine rings is 2. The summed E-state index contributed by atoms with van der Waals surface area (Å²) in [6, 6.07) is 9.65. The molecule has 3 aromatic heterocycles. The minimum absolute atomic E-state index is 0.535. The van der Waals surface area contributed by atoms with Crippen LogP contribution >= 0.6 is 0 Å². The standard InChI is InChI=1S/C15H15N3O/c1-2-12(19)15-14(11-6-5-8-16-10-11)17-13-7-3-4-9-18(13)15/h3-10,12,19H,2H2,1H3. The molecule has 3 rings (SSSR count). The van der Waals surface area contributed by atoms with Crippen LogP contribution in [0.25, 0.3) is 16.9 Å². The highest BCUT2D eigenvalue weighted by Gasteiger charge is 2.19. The molecule has 0 spiro atoms. The number of aromatic nitrogens is 3. The van der Waals surface area contributed by atoms with Gasteiger partial charge >= 0.3 is 0 Å². The minimum Gasteiger partial charge on any atom is -0.387 e. The Morgan fingerprint density at radius 3 is 2.89 bits per heavy atom. The molecule has 19 heavy (non-hydrogen) atoms. The van der Waals surface area contributed by atoms with Crippen LogP contribution in [0.3, 0.4) is 0 Å². The van der Waals surface area contributed by atoms with Gasteiger partial charge < -0.3 is 9.51 Å². The third-order valence-electron chi connectivity index (χ3n) is 3.20. The van der Waals surface area contributed by atoms with Gasteiger partial charge in [-0.05, 0) is 30.7 Å². The highest BCUT2D eigenvalue weighted by atomic mass is 16.3. The number of nitrogens with zero attached hydrogens (tertiary/aromatic N) is 3. The summed E-state index contributed by atoms with van der Waals surface area (Å²) in [7, 11) is 0. The maximum absolute atomic E-state index is 10.3. The zero-order valence-electron chi connectivity index (χ0n) is 10.7. The van der Waals surface area contributed by atoms with Gasteiger partial charge in [-0.15, -0.1) is 0 Å². The summed E-state index contributed by atoms with van der Waals surface area (Å²) in [6.45, 7) is 1.96. The van der Waals surface area contributed by atoms with Crippen molar-refractivity contribution < 1.29 is 5.11 Å². The van der Waals surface area contributed by atoms with E-state index >= 15 is 0 Å². The van der Waals surface area contributed by atoms with Crippen LogP contribution in [-0.4, -0.2) is 19.5 Å². The molecule has 0 aliphatic carbocycles. The van der Waals surface area contributed by atoms with Crippen molar-refractivity contribution in [2.75, 3.05) is 0 Å². The molecule has 3 heterocycles. The molecule has 0 aromatic carbocycles. The smallest absolute Gasteiger partial charge is 0.137 e. The summed E-state index contributed by atoms with van der Waals surface area (Å²) < 4.78 is 1.94. The lowest BCUT2D eigenvalue weighted by atomic mass is 10.1. The van der Waals surface area contributed by atoms with E-state index in [1.807, 2.05) is 47.9 Å². The number of fused-ring (bicyclic) bond motifs is 1. The summed E-state index contributed by atoms with van der Waals surface area (Å²) in [5.74, 6) is 0. The first-order valence-electron chi connectivity index (χ1n) is 6.36. The molecule has 0 saturated carbocycles. The molecule has 4 nitrogen and oxygen atoms in total. The third-order valence-corrected chi connectivity index (χ3v) is 3.20. The van der Waals surface area contributed by atoms with Gasteiger partial charge in [0.25, 0.3) is 0 Å².